The molecule has 0 saturated carbocycles. The lowest BCUT2D eigenvalue weighted by Gasteiger charge is -2.03. The van der Waals surface area contributed by atoms with Crippen molar-refractivity contribution in [3.8, 4) is 5.69 Å². The summed E-state index contributed by atoms with van der Waals surface area (Å²) in [5.41, 5.74) is 1.13. The van der Waals surface area contributed by atoms with E-state index in [9.17, 15) is 14.5 Å². The molecule has 88 valence electrons. The Kier molecular flexibility index (Phi) is 2.63. The molecule has 2 aromatic rings. The second-order valence-corrected chi connectivity index (χ2v) is 3.71. The summed E-state index contributed by atoms with van der Waals surface area (Å²) in [6, 6.07) is 3.74. The van der Waals surface area contributed by atoms with Gasteiger partial charge in [-0.25, -0.2) is 9.07 Å². The fraction of sp³-hybridized carbons (Fsp3) is 0.182. The van der Waals surface area contributed by atoms with Crippen LogP contribution >= 0.6 is 0 Å². The Labute approximate surface area is 96.6 Å². The second-order valence-electron chi connectivity index (χ2n) is 3.71. The van der Waals surface area contributed by atoms with Gasteiger partial charge in [0.2, 0.25) is 0 Å². The molecule has 0 bridgehead atoms. The monoisotopic (exact) mass is 235 g/mol. The molecule has 17 heavy (non-hydrogen) atoms. The van der Waals surface area contributed by atoms with Gasteiger partial charge in [-0.3, -0.25) is 10.1 Å². The zero-order valence-electron chi connectivity index (χ0n) is 9.35. The smallest absolute Gasteiger partial charge is 0.258 e. The van der Waals surface area contributed by atoms with E-state index in [0.717, 1.165) is 5.56 Å². The van der Waals surface area contributed by atoms with Crippen LogP contribution < -0.4 is 0 Å². The van der Waals surface area contributed by atoms with E-state index in [-0.39, 0.29) is 11.4 Å². The number of rotatable bonds is 2. The third-order valence-electron chi connectivity index (χ3n) is 2.54. The average Bonchev–Trinajstić information content (AvgIpc) is 2.58. The molecule has 0 fully saturated rings. The van der Waals surface area contributed by atoms with Crippen molar-refractivity contribution < 1.29 is 9.31 Å². The molecule has 0 radical (unpaired) electrons. The summed E-state index contributed by atoms with van der Waals surface area (Å²) in [4.78, 5) is 10.2. The normalized spacial score (nSPS) is 10.5. The third kappa shape index (κ3) is 1.89. The Balaban J connectivity index is 2.69. The Morgan fingerprint density at radius 1 is 1.41 bits per heavy atom. The number of nitrogens with zero attached hydrogens (tertiary/aromatic N) is 3. The summed E-state index contributed by atoms with van der Waals surface area (Å²) in [5.74, 6) is -0.665. The number of nitro benzene ring substituents is 1. The van der Waals surface area contributed by atoms with Crippen molar-refractivity contribution in [1.82, 2.24) is 9.78 Å². The molecule has 0 saturated heterocycles. The summed E-state index contributed by atoms with van der Waals surface area (Å²) in [6.45, 7) is 3.57. The van der Waals surface area contributed by atoms with Crippen LogP contribution in [0.1, 0.15) is 11.3 Å². The quantitative estimate of drug-likeness (QED) is 0.593. The number of nitro groups is 1. The molecular formula is C11H10FN3O2. The highest BCUT2D eigenvalue weighted by atomic mass is 19.1. The number of aryl methyl sites for hydroxylation is 2. The standard InChI is InChI=1S/C11H10FN3O2/c1-7-6-14(13-8(7)2)11-9(12)4-3-5-10(11)15(16)17/h3-6H,1-2H3. The first-order valence-electron chi connectivity index (χ1n) is 4.97. The third-order valence-corrected chi connectivity index (χ3v) is 2.54. The molecule has 0 aliphatic heterocycles. The minimum absolute atomic E-state index is 0.131. The zero-order chi connectivity index (χ0) is 12.6. The lowest BCUT2D eigenvalue weighted by molar-refractivity contribution is -0.384. The molecule has 1 aromatic carbocycles. The Morgan fingerprint density at radius 2 is 2.12 bits per heavy atom. The van der Waals surface area contributed by atoms with Gasteiger partial charge >= 0.3 is 0 Å². The molecule has 0 aliphatic carbocycles. The van der Waals surface area contributed by atoms with Gasteiger partial charge in [-0.1, -0.05) is 6.07 Å². The Bertz CT molecular complexity index is 573. The first-order chi connectivity index (χ1) is 8.00. The molecule has 0 aliphatic rings. The summed E-state index contributed by atoms with van der Waals surface area (Å²) in [5, 5.41) is 14.9. The van der Waals surface area contributed by atoms with E-state index in [1.807, 2.05) is 6.92 Å². The maximum atomic E-state index is 13.7. The van der Waals surface area contributed by atoms with Gasteiger partial charge in [0.1, 0.15) is 0 Å². The fourth-order valence-electron chi connectivity index (χ4n) is 1.54. The first-order valence-corrected chi connectivity index (χ1v) is 4.97. The fourth-order valence-corrected chi connectivity index (χ4v) is 1.54. The van der Waals surface area contributed by atoms with Crippen molar-refractivity contribution >= 4 is 5.69 Å². The van der Waals surface area contributed by atoms with Gasteiger partial charge in [-0.05, 0) is 25.5 Å². The summed E-state index contributed by atoms with van der Waals surface area (Å²) in [7, 11) is 0. The molecule has 0 atom stereocenters. The van der Waals surface area contributed by atoms with Crippen molar-refractivity contribution in [3.05, 3.63) is 51.6 Å². The van der Waals surface area contributed by atoms with Gasteiger partial charge in [0.25, 0.3) is 5.69 Å². The predicted octanol–water partition coefficient (Wildman–Crippen LogP) is 2.54. The van der Waals surface area contributed by atoms with E-state index in [2.05, 4.69) is 5.10 Å². The van der Waals surface area contributed by atoms with Gasteiger partial charge in [-0.15, -0.1) is 0 Å². The Morgan fingerprint density at radius 3 is 2.65 bits per heavy atom. The van der Waals surface area contributed by atoms with Crippen molar-refractivity contribution in [2.45, 2.75) is 13.8 Å². The highest BCUT2D eigenvalue weighted by molar-refractivity contribution is 5.53. The minimum Gasteiger partial charge on any atom is -0.258 e. The molecule has 0 spiro atoms. The maximum Gasteiger partial charge on any atom is 0.297 e. The number of para-hydroxylation sites is 1. The van der Waals surface area contributed by atoms with Gasteiger partial charge in [0.15, 0.2) is 11.5 Å². The lowest BCUT2D eigenvalue weighted by Crippen LogP contribution is -2.03. The van der Waals surface area contributed by atoms with Gasteiger partial charge in [0, 0.05) is 12.3 Å². The van der Waals surface area contributed by atoms with Crippen LogP contribution in [0.2, 0.25) is 0 Å². The SMILES string of the molecule is Cc1cn(-c2c(F)cccc2[N+](=O)[O-])nc1C. The molecule has 0 amide bonds. The van der Waals surface area contributed by atoms with Crippen LogP contribution in [0.3, 0.4) is 0 Å². The zero-order valence-corrected chi connectivity index (χ0v) is 9.35. The number of aromatic nitrogens is 2. The molecular weight excluding hydrogens is 225 g/mol. The van der Waals surface area contributed by atoms with E-state index in [0.29, 0.717) is 5.69 Å². The largest absolute Gasteiger partial charge is 0.297 e. The van der Waals surface area contributed by atoms with E-state index < -0.39 is 10.7 Å². The van der Waals surface area contributed by atoms with Crippen LogP contribution in [0, 0.1) is 29.8 Å². The maximum absolute atomic E-state index is 13.7. The van der Waals surface area contributed by atoms with Crippen molar-refractivity contribution in [2.24, 2.45) is 0 Å². The molecule has 6 heteroatoms. The number of hydrogen-bond acceptors (Lipinski definition) is 3. The predicted molar refractivity (Wildman–Crippen MR) is 59.7 cm³/mol. The topological polar surface area (TPSA) is 61.0 Å². The van der Waals surface area contributed by atoms with Crippen LogP contribution in [0.15, 0.2) is 24.4 Å². The van der Waals surface area contributed by atoms with E-state index >= 15 is 0 Å². The van der Waals surface area contributed by atoms with Crippen molar-refractivity contribution in [3.63, 3.8) is 0 Å². The minimum atomic E-state index is -0.665. The van der Waals surface area contributed by atoms with E-state index in [1.54, 1.807) is 13.1 Å². The second kappa shape index (κ2) is 3.97. The van der Waals surface area contributed by atoms with Crippen molar-refractivity contribution in [2.75, 3.05) is 0 Å². The van der Waals surface area contributed by atoms with Crippen LogP contribution in [0.4, 0.5) is 10.1 Å². The molecule has 0 N–H and O–H groups in total. The Hall–Kier alpha value is -2.24. The van der Waals surface area contributed by atoms with Crippen LogP contribution in [0.25, 0.3) is 5.69 Å². The van der Waals surface area contributed by atoms with E-state index in [1.165, 1.54) is 22.9 Å². The van der Waals surface area contributed by atoms with Crippen LogP contribution in [0.5, 0.6) is 0 Å². The van der Waals surface area contributed by atoms with E-state index in [4.69, 9.17) is 0 Å². The molecule has 1 aromatic heterocycles. The summed E-state index contributed by atoms with van der Waals surface area (Å²) < 4.78 is 14.9. The summed E-state index contributed by atoms with van der Waals surface area (Å²) in [6.07, 6.45) is 1.57. The van der Waals surface area contributed by atoms with Gasteiger partial charge in [0.05, 0.1) is 10.6 Å². The highest BCUT2D eigenvalue weighted by Gasteiger charge is 2.20. The number of halogens is 1. The molecule has 1 heterocycles. The van der Waals surface area contributed by atoms with Gasteiger partial charge in [-0.2, -0.15) is 5.10 Å². The van der Waals surface area contributed by atoms with Crippen molar-refractivity contribution in [1.29, 1.82) is 0 Å². The molecule has 2 rings (SSSR count). The van der Waals surface area contributed by atoms with Crippen LogP contribution in [-0.4, -0.2) is 14.7 Å². The average molecular weight is 235 g/mol. The lowest BCUT2D eigenvalue weighted by atomic mass is 10.2. The highest BCUT2D eigenvalue weighted by Crippen LogP contribution is 2.25. The first kappa shape index (κ1) is 11.3. The molecule has 5 nitrogen and oxygen atoms in total. The molecule has 0 unspecified atom stereocenters. The van der Waals surface area contributed by atoms with Crippen LogP contribution in [-0.2, 0) is 0 Å². The van der Waals surface area contributed by atoms with Gasteiger partial charge < -0.3 is 0 Å². The number of hydrogen-bond donors (Lipinski definition) is 0. The number of benzene rings is 1. The summed E-state index contributed by atoms with van der Waals surface area (Å²) >= 11 is 0.